The van der Waals surface area contributed by atoms with Crippen molar-refractivity contribution in [3.8, 4) is 0 Å². The van der Waals surface area contributed by atoms with Gasteiger partial charge in [-0.15, -0.1) is 0 Å². The van der Waals surface area contributed by atoms with Gasteiger partial charge >= 0.3 is 0 Å². The maximum atomic E-state index is 12.2. The summed E-state index contributed by atoms with van der Waals surface area (Å²) < 4.78 is 0. The molecular formula is C29H50O. The van der Waals surface area contributed by atoms with Gasteiger partial charge in [-0.25, -0.2) is 0 Å². The molecule has 172 valence electrons. The second kappa shape index (κ2) is 8.22. The van der Waals surface area contributed by atoms with Crippen LogP contribution in [0.1, 0.15) is 113 Å². The van der Waals surface area contributed by atoms with Crippen LogP contribution < -0.4 is 0 Å². The molecule has 4 aliphatic rings. The molecule has 0 aliphatic heterocycles. The molecule has 4 fully saturated rings. The molecule has 9 unspecified atom stereocenters. The predicted octanol–water partition coefficient (Wildman–Crippen LogP) is 8.17. The van der Waals surface area contributed by atoms with Crippen molar-refractivity contribution < 1.29 is 4.79 Å². The summed E-state index contributed by atoms with van der Waals surface area (Å²) in [6.45, 7) is 17.1. The van der Waals surface area contributed by atoms with Crippen LogP contribution in [-0.4, -0.2) is 5.78 Å². The van der Waals surface area contributed by atoms with Gasteiger partial charge in [0.2, 0.25) is 0 Å². The minimum absolute atomic E-state index is 0.203. The molecule has 0 aromatic heterocycles. The fraction of sp³-hybridized carbons (Fsp3) is 0.966. The Bertz CT molecular complexity index is 636. The van der Waals surface area contributed by atoms with E-state index >= 15 is 0 Å². The fourth-order valence-electron chi connectivity index (χ4n) is 9.69. The largest absolute Gasteiger partial charge is 0.299 e. The Hall–Kier alpha value is -0.330. The summed E-state index contributed by atoms with van der Waals surface area (Å²) in [7, 11) is 0. The molecule has 0 bridgehead atoms. The van der Waals surface area contributed by atoms with Gasteiger partial charge in [0, 0.05) is 12.3 Å². The van der Waals surface area contributed by atoms with E-state index in [0.717, 1.165) is 54.3 Å². The van der Waals surface area contributed by atoms with E-state index in [4.69, 9.17) is 0 Å². The van der Waals surface area contributed by atoms with Gasteiger partial charge in [0.15, 0.2) is 0 Å². The van der Waals surface area contributed by atoms with Crippen molar-refractivity contribution in [2.75, 3.05) is 0 Å². The van der Waals surface area contributed by atoms with Gasteiger partial charge in [0.05, 0.1) is 0 Å². The van der Waals surface area contributed by atoms with Crippen LogP contribution in [0.15, 0.2) is 0 Å². The van der Waals surface area contributed by atoms with E-state index in [1.54, 1.807) is 0 Å². The van der Waals surface area contributed by atoms with Gasteiger partial charge in [-0.1, -0.05) is 54.9 Å². The third-order valence-corrected chi connectivity index (χ3v) is 11.5. The van der Waals surface area contributed by atoms with Crippen LogP contribution in [0.4, 0.5) is 0 Å². The Morgan fingerprint density at radius 2 is 1.57 bits per heavy atom. The number of fused-ring (bicyclic) bond motifs is 5. The van der Waals surface area contributed by atoms with Crippen molar-refractivity contribution in [2.45, 2.75) is 113 Å². The van der Waals surface area contributed by atoms with Crippen molar-refractivity contribution >= 4 is 5.78 Å². The van der Waals surface area contributed by atoms with Crippen LogP contribution in [-0.2, 0) is 4.79 Å². The topological polar surface area (TPSA) is 17.1 Å². The van der Waals surface area contributed by atoms with Gasteiger partial charge < -0.3 is 0 Å². The zero-order valence-corrected chi connectivity index (χ0v) is 21.2. The van der Waals surface area contributed by atoms with E-state index in [2.05, 4.69) is 48.5 Å². The van der Waals surface area contributed by atoms with Crippen LogP contribution in [0.2, 0.25) is 0 Å². The van der Waals surface area contributed by atoms with E-state index in [1.807, 2.05) is 0 Å². The Labute approximate surface area is 187 Å². The number of hydrogen-bond donors (Lipinski definition) is 0. The van der Waals surface area contributed by atoms with Crippen molar-refractivity contribution in [3.63, 3.8) is 0 Å². The first-order valence-corrected chi connectivity index (χ1v) is 13.6. The molecule has 0 spiro atoms. The fourth-order valence-corrected chi connectivity index (χ4v) is 9.69. The first kappa shape index (κ1) is 22.8. The molecule has 4 aliphatic carbocycles. The average Bonchev–Trinajstić information content (AvgIpc) is 3.04. The lowest BCUT2D eigenvalue weighted by atomic mass is 9.42. The number of Topliss-reactive ketones (excluding diaryl/α,β-unsaturated/α-hetero) is 1. The quantitative estimate of drug-likeness (QED) is 0.443. The highest BCUT2D eigenvalue weighted by Gasteiger charge is 2.62. The van der Waals surface area contributed by atoms with Crippen molar-refractivity contribution in [3.05, 3.63) is 0 Å². The smallest absolute Gasteiger partial charge is 0.135 e. The maximum Gasteiger partial charge on any atom is 0.135 e. The number of rotatable bonds is 5. The summed E-state index contributed by atoms with van der Waals surface area (Å²) in [5.41, 5.74) is 1.15. The summed E-state index contributed by atoms with van der Waals surface area (Å²) >= 11 is 0. The van der Waals surface area contributed by atoms with Crippen molar-refractivity contribution in [1.82, 2.24) is 0 Å². The Morgan fingerprint density at radius 1 is 0.900 bits per heavy atom. The molecule has 0 N–H and O–H groups in total. The summed E-state index contributed by atoms with van der Waals surface area (Å²) in [6, 6.07) is 0. The van der Waals surface area contributed by atoms with Crippen molar-refractivity contribution in [1.29, 1.82) is 0 Å². The second-order valence-corrected chi connectivity index (χ2v) is 13.5. The van der Waals surface area contributed by atoms with E-state index in [1.165, 1.54) is 51.4 Å². The zero-order chi connectivity index (χ0) is 21.8. The molecule has 1 nitrogen and oxygen atoms in total. The summed E-state index contributed by atoms with van der Waals surface area (Å²) in [4.78, 5) is 12.2. The first-order valence-electron chi connectivity index (χ1n) is 13.6. The average molecular weight is 415 g/mol. The summed E-state index contributed by atoms with van der Waals surface area (Å²) in [5.74, 6) is 7.96. The second-order valence-electron chi connectivity index (χ2n) is 13.5. The van der Waals surface area contributed by atoms with Crippen LogP contribution in [0.5, 0.6) is 0 Å². The molecule has 0 amide bonds. The van der Waals surface area contributed by atoms with Crippen molar-refractivity contribution in [2.24, 2.45) is 64.1 Å². The van der Waals surface area contributed by atoms with Crippen LogP contribution >= 0.6 is 0 Å². The molecule has 4 rings (SSSR count). The minimum atomic E-state index is 0.203. The first-order chi connectivity index (χ1) is 14.1. The minimum Gasteiger partial charge on any atom is -0.299 e. The summed E-state index contributed by atoms with van der Waals surface area (Å²) in [6.07, 6.45) is 13.7. The van der Waals surface area contributed by atoms with Gasteiger partial charge in [0.25, 0.3) is 0 Å². The Kier molecular flexibility index (Phi) is 6.26. The monoisotopic (exact) mass is 414 g/mol. The Morgan fingerprint density at radius 3 is 2.27 bits per heavy atom. The third-order valence-electron chi connectivity index (χ3n) is 11.5. The van der Waals surface area contributed by atoms with E-state index in [-0.39, 0.29) is 5.92 Å². The SMILES string of the molecule is CC1CCC2(C)C(C1)CC(C)C1C2CCC2(C)C1CCC2[C@H](C)CCC(=O)C(C)C. The molecular weight excluding hydrogens is 364 g/mol. The third kappa shape index (κ3) is 3.63. The highest BCUT2D eigenvalue weighted by Crippen LogP contribution is 2.69. The van der Waals surface area contributed by atoms with Gasteiger partial charge in [0.1, 0.15) is 5.78 Å². The number of hydrogen-bond acceptors (Lipinski definition) is 1. The lowest BCUT2D eigenvalue weighted by Gasteiger charge is -2.63. The van der Waals surface area contributed by atoms with E-state index in [9.17, 15) is 4.79 Å². The number of ketones is 1. The van der Waals surface area contributed by atoms with Gasteiger partial charge in [-0.05, 0) is 110 Å². The lowest BCUT2D eigenvalue weighted by molar-refractivity contribution is -0.142. The predicted molar refractivity (Wildman–Crippen MR) is 127 cm³/mol. The van der Waals surface area contributed by atoms with Crippen LogP contribution in [0.3, 0.4) is 0 Å². The van der Waals surface area contributed by atoms with Crippen LogP contribution in [0, 0.1) is 64.1 Å². The molecule has 30 heavy (non-hydrogen) atoms. The molecule has 4 saturated carbocycles. The molecule has 0 saturated heterocycles. The van der Waals surface area contributed by atoms with Gasteiger partial charge in [-0.3, -0.25) is 4.79 Å². The molecule has 10 atom stereocenters. The highest BCUT2D eigenvalue weighted by atomic mass is 16.1. The molecule has 0 radical (unpaired) electrons. The maximum absolute atomic E-state index is 12.2. The normalized spacial score (nSPS) is 49.3. The highest BCUT2D eigenvalue weighted by molar-refractivity contribution is 5.80. The van der Waals surface area contributed by atoms with E-state index < -0.39 is 0 Å². The van der Waals surface area contributed by atoms with Gasteiger partial charge in [-0.2, -0.15) is 0 Å². The van der Waals surface area contributed by atoms with E-state index in [0.29, 0.717) is 22.5 Å². The zero-order valence-electron chi connectivity index (χ0n) is 21.2. The lowest BCUT2D eigenvalue weighted by Crippen LogP contribution is -2.56. The Balaban J connectivity index is 1.51. The van der Waals surface area contributed by atoms with Crippen LogP contribution in [0.25, 0.3) is 0 Å². The molecule has 0 aromatic carbocycles. The molecule has 0 aromatic rings. The molecule has 0 heterocycles. The number of carbonyl (C=O) groups excluding carboxylic acids is 1. The molecule has 1 heteroatoms. The standard InChI is InChI=1S/C29H50O/c1-18(2)26(30)11-8-20(4)23-9-10-24-27-21(5)17-22-16-19(3)12-14-28(22,6)25(27)13-15-29(23,24)7/h18-25,27H,8-17H2,1-7H3/t19?,20-,21?,22?,23?,24?,25?,27?,28?,29?/m1/s1. The number of carbonyl (C=O) groups is 1. The summed E-state index contributed by atoms with van der Waals surface area (Å²) in [5, 5.41) is 0.